The van der Waals surface area contributed by atoms with Gasteiger partial charge < -0.3 is 4.74 Å². The van der Waals surface area contributed by atoms with Crippen molar-refractivity contribution in [3.63, 3.8) is 0 Å². The smallest absolute Gasteiger partial charge is 0.344 e. The van der Waals surface area contributed by atoms with E-state index in [9.17, 15) is 14.9 Å². The summed E-state index contributed by atoms with van der Waals surface area (Å²) in [5, 5.41) is 13.6. The van der Waals surface area contributed by atoms with E-state index in [1.54, 1.807) is 30.3 Å². The number of nitro groups is 1. The molecule has 5 heteroatoms. The van der Waals surface area contributed by atoms with Gasteiger partial charge in [0.05, 0.1) is 16.1 Å². The number of rotatable bonds is 2. The lowest BCUT2D eigenvalue weighted by molar-refractivity contribution is -0.375. The van der Waals surface area contributed by atoms with Crippen LogP contribution in [0.25, 0.3) is 22.2 Å². The molecular weight excluding hydrogens is 318 g/mol. The quantitative estimate of drug-likeness (QED) is 0.396. The van der Waals surface area contributed by atoms with E-state index in [2.05, 4.69) is 0 Å². The fraction of sp³-hybridized carbons (Fsp3) is 0.0500. The fourth-order valence-corrected chi connectivity index (χ4v) is 3.20. The number of aryl methyl sites for hydroxylation is 1. The summed E-state index contributed by atoms with van der Waals surface area (Å²) in [5.41, 5.74) is 2.05. The van der Waals surface area contributed by atoms with E-state index < -0.39 is 10.9 Å². The largest absolute Gasteiger partial charge is 0.415 e. The molecule has 0 aliphatic carbocycles. The first-order valence-corrected chi connectivity index (χ1v) is 7.77. The SMILES string of the molecule is Cc1ccc(/C(=C2/OC(=O)c3ccccc32)[N+](=O)[O-])c2ccccc12. The molecule has 5 nitrogen and oxygen atoms in total. The average Bonchev–Trinajstić information content (AvgIpc) is 2.94. The third kappa shape index (κ3) is 2.29. The van der Waals surface area contributed by atoms with Crippen LogP contribution in [0.5, 0.6) is 0 Å². The summed E-state index contributed by atoms with van der Waals surface area (Å²) in [6.45, 7) is 1.95. The van der Waals surface area contributed by atoms with Crippen LogP contribution in [0.1, 0.15) is 27.0 Å². The molecule has 1 heterocycles. The van der Waals surface area contributed by atoms with Gasteiger partial charge in [0.2, 0.25) is 5.76 Å². The van der Waals surface area contributed by atoms with Crippen molar-refractivity contribution >= 4 is 28.2 Å². The second-order valence-corrected chi connectivity index (χ2v) is 5.85. The molecule has 3 aromatic rings. The van der Waals surface area contributed by atoms with Crippen molar-refractivity contribution in [3.05, 3.63) is 93.0 Å². The third-order valence-electron chi connectivity index (χ3n) is 4.38. The van der Waals surface area contributed by atoms with Gasteiger partial charge in [0, 0.05) is 5.56 Å². The first-order chi connectivity index (χ1) is 12.1. The Labute approximate surface area is 143 Å². The lowest BCUT2D eigenvalue weighted by atomic mass is 9.96. The molecule has 1 aliphatic rings. The standard InChI is InChI=1S/C20H13NO4/c1-12-10-11-15(14-7-3-2-6-13(12)14)18(21(23)24)19-16-8-4-5-9-17(16)20(22)25-19/h2-11H,1H3/b19-18-. The number of hydrogen-bond donors (Lipinski definition) is 0. The van der Waals surface area contributed by atoms with E-state index in [0.717, 1.165) is 16.3 Å². The minimum Gasteiger partial charge on any atom is -0.415 e. The number of carbonyl (C=O) groups is 1. The van der Waals surface area contributed by atoms with Crippen LogP contribution in [0.4, 0.5) is 0 Å². The van der Waals surface area contributed by atoms with Crippen LogP contribution < -0.4 is 0 Å². The molecule has 1 aliphatic heterocycles. The number of cyclic esters (lactones) is 1. The van der Waals surface area contributed by atoms with Gasteiger partial charge in [0.15, 0.2) is 0 Å². The monoisotopic (exact) mass is 331 g/mol. The van der Waals surface area contributed by atoms with Gasteiger partial charge >= 0.3 is 11.7 Å². The molecule has 122 valence electrons. The molecule has 0 bridgehead atoms. The second-order valence-electron chi connectivity index (χ2n) is 5.85. The van der Waals surface area contributed by atoms with Crippen molar-refractivity contribution in [1.29, 1.82) is 0 Å². The van der Waals surface area contributed by atoms with Crippen molar-refractivity contribution in [2.24, 2.45) is 0 Å². The summed E-state index contributed by atoms with van der Waals surface area (Å²) in [6, 6.07) is 17.7. The Bertz CT molecular complexity index is 1080. The van der Waals surface area contributed by atoms with Gasteiger partial charge in [-0.3, -0.25) is 10.1 Å². The zero-order chi connectivity index (χ0) is 17.6. The summed E-state index contributed by atoms with van der Waals surface area (Å²) >= 11 is 0. The first kappa shape index (κ1) is 15.1. The zero-order valence-electron chi connectivity index (χ0n) is 13.4. The molecule has 0 radical (unpaired) electrons. The molecular formula is C20H13NO4. The van der Waals surface area contributed by atoms with E-state index in [1.807, 2.05) is 37.3 Å². The maximum absolute atomic E-state index is 12.1. The Balaban J connectivity index is 2.08. The highest BCUT2D eigenvalue weighted by Crippen LogP contribution is 2.38. The van der Waals surface area contributed by atoms with E-state index in [4.69, 9.17) is 4.74 Å². The van der Waals surface area contributed by atoms with Gasteiger partial charge in [-0.05, 0) is 35.4 Å². The van der Waals surface area contributed by atoms with E-state index >= 15 is 0 Å². The molecule has 25 heavy (non-hydrogen) atoms. The highest BCUT2D eigenvalue weighted by molar-refractivity contribution is 6.09. The minimum absolute atomic E-state index is 0.000365. The van der Waals surface area contributed by atoms with Gasteiger partial charge in [0.25, 0.3) is 0 Å². The van der Waals surface area contributed by atoms with Gasteiger partial charge in [-0.2, -0.15) is 0 Å². The molecule has 0 unspecified atom stereocenters. The van der Waals surface area contributed by atoms with Gasteiger partial charge in [-0.15, -0.1) is 0 Å². The predicted octanol–water partition coefficient (Wildman–Crippen LogP) is 4.42. The number of ether oxygens (including phenoxy) is 1. The number of benzene rings is 3. The Kier molecular flexibility index (Phi) is 3.35. The van der Waals surface area contributed by atoms with E-state index in [-0.39, 0.29) is 11.5 Å². The van der Waals surface area contributed by atoms with Crippen molar-refractivity contribution in [2.45, 2.75) is 6.92 Å². The fourth-order valence-electron chi connectivity index (χ4n) is 3.20. The molecule has 0 spiro atoms. The molecule has 0 aromatic heterocycles. The predicted molar refractivity (Wildman–Crippen MR) is 94.4 cm³/mol. The molecule has 0 saturated carbocycles. The maximum atomic E-state index is 12.1. The molecule has 0 saturated heterocycles. The highest BCUT2D eigenvalue weighted by Gasteiger charge is 2.35. The minimum atomic E-state index is -0.568. The van der Waals surface area contributed by atoms with Crippen LogP contribution in [0.2, 0.25) is 0 Å². The number of esters is 1. The van der Waals surface area contributed by atoms with Crippen LogP contribution in [0, 0.1) is 17.0 Å². The van der Waals surface area contributed by atoms with Gasteiger partial charge in [0.1, 0.15) is 0 Å². The Morgan fingerprint density at radius 3 is 2.28 bits per heavy atom. The number of carbonyl (C=O) groups excluding carboxylic acids is 1. The zero-order valence-corrected chi connectivity index (χ0v) is 13.4. The lowest BCUT2D eigenvalue weighted by Gasteiger charge is -2.09. The summed E-state index contributed by atoms with van der Waals surface area (Å²) in [7, 11) is 0. The Morgan fingerprint density at radius 2 is 1.56 bits per heavy atom. The topological polar surface area (TPSA) is 69.4 Å². The van der Waals surface area contributed by atoms with Crippen LogP contribution in [0.15, 0.2) is 60.7 Å². The van der Waals surface area contributed by atoms with Crippen molar-refractivity contribution in [1.82, 2.24) is 0 Å². The van der Waals surface area contributed by atoms with Crippen molar-refractivity contribution < 1.29 is 14.5 Å². The molecule has 4 rings (SSSR count). The normalized spacial score (nSPS) is 15.0. The summed E-state index contributed by atoms with van der Waals surface area (Å²) in [6.07, 6.45) is 0. The molecule has 0 fully saturated rings. The van der Waals surface area contributed by atoms with Crippen LogP contribution in [0.3, 0.4) is 0 Å². The Morgan fingerprint density at radius 1 is 0.920 bits per heavy atom. The van der Waals surface area contributed by atoms with Crippen LogP contribution >= 0.6 is 0 Å². The Hall–Kier alpha value is -3.47. The number of nitrogens with zero attached hydrogens (tertiary/aromatic N) is 1. The van der Waals surface area contributed by atoms with Gasteiger partial charge in [-0.1, -0.05) is 48.5 Å². The van der Waals surface area contributed by atoms with Crippen LogP contribution in [-0.2, 0) is 4.74 Å². The number of hydrogen-bond acceptors (Lipinski definition) is 4. The summed E-state index contributed by atoms with van der Waals surface area (Å²) in [4.78, 5) is 23.5. The molecule has 3 aromatic carbocycles. The molecule has 0 N–H and O–H groups in total. The second kappa shape index (κ2) is 5.56. The summed E-state index contributed by atoms with van der Waals surface area (Å²) in [5.74, 6) is -0.569. The summed E-state index contributed by atoms with van der Waals surface area (Å²) < 4.78 is 5.29. The lowest BCUT2D eigenvalue weighted by Crippen LogP contribution is -2.04. The molecule has 0 amide bonds. The average molecular weight is 331 g/mol. The van der Waals surface area contributed by atoms with Crippen molar-refractivity contribution in [2.75, 3.05) is 0 Å². The van der Waals surface area contributed by atoms with Crippen molar-refractivity contribution in [3.8, 4) is 0 Å². The highest BCUT2D eigenvalue weighted by atomic mass is 16.6. The molecule has 0 atom stereocenters. The maximum Gasteiger partial charge on any atom is 0.344 e. The van der Waals surface area contributed by atoms with E-state index in [1.165, 1.54) is 0 Å². The number of fused-ring (bicyclic) bond motifs is 2. The first-order valence-electron chi connectivity index (χ1n) is 7.77. The van der Waals surface area contributed by atoms with Crippen LogP contribution in [-0.4, -0.2) is 10.9 Å². The third-order valence-corrected chi connectivity index (χ3v) is 4.38. The van der Waals surface area contributed by atoms with Gasteiger partial charge in [-0.25, -0.2) is 4.79 Å². The van der Waals surface area contributed by atoms with E-state index in [0.29, 0.717) is 16.7 Å².